The highest BCUT2D eigenvalue weighted by Crippen LogP contribution is 2.40. The van der Waals surface area contributed by atoms with Crippen LogP contribution >= 0.6 is 0 Å². The first-order chi connectivity index (χ1) is 16.5. The van der Waals surface area contributed by atoms with E-state index < -0.39 is 11.8 Å². The van der Waals surface area contributed by atoms with Gasteiger partial charge >= 0.3 is 0 Å². The van der Waals surface area contributed by atoms with Crippen molar-refractivity contribution in [1.29, 1.82) is 0 Å². The van der Waals surface area contributed by atoms with E-state index in [1.54, 1.807) is 23.2 Å². The number of nitrogens with zero attached hydrogens (tertiary/aromatic N) is 3. The number of nitrogens with one attached hydrogen (secondary N) is 1. The summed E-state index contributed by atoms with van der Waals surface area (Å²) in [5.74, 6) is -0.125. The summed E-state index contributed by atoms with van der Waals surface area (Å²) >= 11 is 0. The number of benzene rings is 1. The van der Waals surface area contributed by atoms with Crippen molar-refractivity contribution in [2.45, 2.75) is 50.9 Å². The second-order valence-corrected chi connectivity index (χ2v) is 9.45. The maximum Gasteiger partial charge on any atom is 0.256 e. The van der Waals surface area contributed by atoms with Crippen molar-refractivity contribution >= 4 is 17.7 Å². The number of amides is 3. The molecule has 3 aliphatic rings. The van der Waals surface area contributed by atoms with Crippen LogP contribution in [0.25, 0.3) is 0 Å². The standard InChI is InChI=1S/C26H30N4O4/c1-18-5-7-20(8-6-18)25(33)30-22(23(31)28-16-21-4-2-3-13-27-21)17-34-26(30)11-14-29(15-12-26)24(32)19-9-10-19/h2-8,13,19,22H,9-12,14-17H2,1H3,(H,28,31). The molecule has 2 saturated heterocycles. The van der Waals surface area contributed by atoms with Gasteiger partial charge in [0.2, 0.25) is 11.8 Å². The predicted molar refractivity (Wildman–Crippen MR) is 124 cm³/mol. The number of aryl methyl sites for hydroxylation is 1. The monoisotopic (exact) mass is 462 g/mol. The summed E-state index contributed by atoms with van der Waals surface area (Å²) in [6.07, 6.45) is 4.60. The minimum atomic E-state index is -0.894. The number of hydrogen-bond acceptors (Lipinski definition) is 5. The molecule has 178 valence electrons. The summed E-state index contributed by atoms with van der Waals surface area (Å²) < 4.78 is 6.24. The fourth-order valence-electron chi connectivity index (χ4n) is 4.87. The Kier molecular flexibility index (Phi) is 6.08. The second-order valence-electron chi connectivity index (χ2n) is 9.45. The minimum Gasteiger partial charge on any atom is -0.353 e. The van der Waals surface area contributed by atoms with E-state index >= 15 is 0 Å². The lowest BCUT2D eigenvalue weighted by atomic mass is 9.96. The molecule has 5 rings (SSSR count). The third-order valence-electron chi connectivity index (χ3n) is 7.03. The number of aromatic nitrogens is 1. The smallest absolute Gasteiger partial charge is 0.256 e. The zero-order valence-corrected chi connectivity index (χ0v) is 19.4. The minimum absolute atomic E-state index is 0.127. The average molecular weight is 463 g/mol. The van der Waals surface area contributed by atoms with E-state index in [-0.39, 0.29) is 36.8 Å². The predicted octanol–water partition coefficient (Wildman–Crippen LogP) is 2.28. The molecule has 2 aromatic rings. The Hall–Kier alpha value is -3.26. The largest absolute Gasteiger partial charge is 0.353 e. The molecule has 1 aromatic heterocycles. The SMILES string of the molecule is Cc1ccc(C(=O)N2C(C(=O)NCc3ccccn3)COC23CCN(C(=O)C2CC2)CC3)cc1. The molecule has 3 heterocycles. The van der Waals surface area contributed by atoms with Crippen LogP contribution in [0.2, 0.25) is 0 Å². The molecule has 1 N–H and O–H groups in total. The van der Waals surface area contributed by atoms with Gasteiger partial charge < -0.3 is 15.0 Å². The molecular weight excluding hydrogens is 432 g/mol. The summed E-state index contributed by atoms with van der Waals surface area (Å²) in [6.45, 7) is 3.42. The van der Waals surface area contributed by atoms with Crippen molar-refractivity contribution < 1.29 is 19.1 Å². The highest BCUT2D eigenvalue weighted by molar-refractivity contribution is 5.98. The lowest BCUT2D eigenvalue weighted by Gasteiger charge is -2.44. The van der Waals surface area contributed by atoms with Crippen LogP contribution < -0.4 is 5.32 Å². The van der Waals surface area contributed by atoms with E-state index in [2.05, 4.69) is 10.3 Å². The van der Waals surface area contributed by atoms with Crippen LogP contribution in [0.3, 0.4) is 0 Å². The number of rotatable bonds is 5. The topological polar surface area (TPSA) is 91.8 Å². The number of carbonyl (C=O) groups excluding carboxylic acids is 3. The summed E-state index contributed by atoms with van der Waals surface area (Å²) in [5, 5.41) is 2.92. The first-order valence-corrected chi connectivity index (χ1v) is 12.0. The van der Waals surface area contributed by atoms with Crippen LogP contribution in [0.1, 0.15) is 47.3 Å². The Morgan fingerprint density at radius 2 is 1.82 bits per heavy atom. The molecule has 3 fully saturated rings. The van der Waals surface area contributed by atoms with Gasteiger partial charge in [0.25, 0.3) is 5.91 Å². The summed E-state index contributed by atoms with van der Waals surface area (Å²) in [7, 11) is 0. The maximum atomic E-state index is 13.7. The molecular formula is C26H30N4O4. The highest BCUT2D eigenvalue weighted by Gasteiger charge is 2.54. The van der Waals surface area contributed by atoms with Gasteiger partial charge in [-0.3, -0.25) is 24.3 Å². The number of piperidine rings is 1. The van der Waals surface area contributed by atoms with Crippen molar-refractivity contribution in [3.63, 3.8) is 0 Å². The fourth-order valence-corrected chi connectivity index (χ4v) is 4.87. The van der Waals surface area contributed by atoms with E-state index in [1.807, 2.05) is 42.2 Å². The van der Waals surface area contributed by atoms with Gasteiger partial charge in [0.15, 0.2) is 0 Å². The Morgan fingerprint density at radius 3 is 2.47 bits per heavy atom. The molecule has 2 aliphatic heterocycles. The summed E-state index contributed by atoms with van der Waals surface area (Å²) in [4.78, 5) is 47.3. The second kappa shape index (κ2) is 9.18. The van der Waals surface area contributed by atoms with Gasteiger partial charge in [0.05, 0.1) is 18.8 Å². The zero-order chi connectivity index (χ0) is 23.7. The van der Waals surface area contributed by atoms with Gasteiger partial charge in [0, 0.05) is 43.6 Å². The van der Waals surface area contributed by atoms with Gasteiger partial charge in [-0.25, -0.2) is 0 Å². The molecule has 1 saturated carbocycles. The molecule has 8 heteroatoms. The molecule has 1 unspecified atom stereocenters. The van der Waals surface area contributed by atoms with Crippen molar-refractivity contribution in [2.75, 3.05) is 19.7 Å². The number of ether oxygens (including phenoxy) is 1. The molecule has 34 heavy (non-hydrogen) atoms. The van der Waals surface area contributed by atoms with Crippen molar-refractivity contribution in [3.05, 3.63) is 65.5 Å². The normalized spacial score (nSPS) is 21.5. The average Bonchev–Trinajstić information content (AvgIpc) is 3.66. The maximum absolute atomic E-state index is 13.7. The third-order valence-corrected chi connectivity index (χ3v) is 7.03. The van der Waals surface area contributed by atoms with Gasteiger partial charge in [-0.15, -0.1) is 0 Å². The van der Waals surface area contributed by atoms with Crippen LogP contribution in [0.15, 0.2) is 48.7 Å². The molecule has 1 aliphatic carbocycles. The highest BCUT2D eigenvalue weighted by atomic mass is 16.5. The van der Waals surface area contributed by atoms with Crippen LogP contribution in [-0.2, 0) is 20.9 Å². The van der Waals surface area contributed by atoms with Gasteiger partial charge in [-0.1, -0.05) is 23.8 Å². The molecule has 8 nitrogen and oxygen atoms in total. The van der Waals surface area contributed by atoms with Crippen LogP contribution in [0, 0.1) is 12.8 Å². The summed E-state index contributed by atoms with van der Waals surface area (Å²) in [5.41, 5.74) is 1.43. The third kappa shape index (κ3) is 4.42. The molecule has 1 spiro atoms. The number of likely N-dealkylation sites (tertiary alicyclic amines) is 1. The van der Waals surface area contributed by atoms with Gasteiger partial charge in [-0.05, 0) is 44.0 Å². The Balaban J connectivity index is 1.36. The van der Waals surface area contributed by atoms with Crippen LogP contribution in [0.4, 0.5) is 0 Å². The van der Waals surface area contributed by atoms with E-state index in [0.717, 1.165) is 24.1 Å². The van der Waals surface area contributed by atoms with Crippen molar-refractivity contribution in [1.82, 2.24) is 20.1 Å². The number of carbonyl (C=O) groups is 3. The lowest BCUT2D eigenvalue weighted by molar-refractivity contribution is -0.144. The molecule has 3 amide bonds. The van der Waals surface area contributed by atoms with Crippen molar-refractivity contribution in [3.8, 4) is 0 Å². The quantitative estimate of drug-likeness (QED) is 0.736. The Labute approximate surface area is 199 Å². The van der Waals surface area contributed by atoms with E-state index in [1.165, 1.54) is 0 Å². The van der Waals surface area contributed by atoms with Crippen LogP contribution in [-0.4, -0.2) is 64.0 Å². The zero-order valence-electron chi connectivity index (χ0n) is 19.4. The van der Waals surface area contributed by atoms with E-state index in [4.69, 9.17) is 4.74 Å². The Morgan fingerprint density at radius 1 is 1.09 bits per heavy atom. The number of pyridine rings is 1. The molecule has 0 radical (unpaired) electrons. The lowest BCUT2D eigenvalue weighted by Crippen LogP contribution is -2.59. The van der Waals surface area contributed by atoms with Gasteiger partial charge in [0.1, 0.15) is 11.8 Å². The molecule has 1 atom stereocenters. The number of hydrogen-bond donors (Lipinski definition) is 1. The Bertz CT molecular complexity index is 1060. The molecule has 0 bridgehead atoms. The molecule has 1 aromatic carbocycles. The summed E-state index contributed by atoms with van der Waals surface area (Å²) in [6, 6.07) is 12.1. The van der Waals surface area contributed by atoms with Crippen molar-refractivity contribution in [2.24, 2.45) is 5.92 Å². The van der Waals surface area contributed by atoms with Crippen LogP contribution in [0.5, 0.6) is 0 Å². The van der Waals surface area contributed by atoms with E-state index in [9.17, 15) is 14.4 Å². The van der Waals surface area contributed by atoms with E-state index in [0.29, 0.717) is 31.5 Å². The van der Waals surface area contributed by atoms with Gasteiger partial charge in [-0.2, -0.15) is 0 Å². The fraction of sp³-hybridized carbons (Fsp3) is 0.462. The first kappa shape index (κ1) is 22.5. The first-order valence-electron chi connectivity index (χ1n) is 12.0.